The van der Waals surface area contributed by atoms with Crippen LogP contribution < -0.4 is 0 Å². The molecule has 0 aliphatic carbocycles. The number of amides is 1. The molecule has 24 heavy (non-hydrogen) atoms. The molecule has 0 atom stereocenters. The predicted octanol–water partition coefficient (Wildman–Crippen LogP) is 3.24. The van der Waals surface area contributed by atoms with E-state index in [1.54, 1.807) is 4.90 Å². The van der Waals surface area contributed by atoms with E-state index in [1.807, 2.05) is 30.5 Å². The third-order valence-electron chi connectivity index (χ3n) is 4.23. The van der Waals surface area contributed by atoms with Crippen LogP contribution in [0.25, 0.3) is 0 Å². The zero-order valence-electron chi connectivity index (χ0n) is 13.8. The molecule has 1 aliphatic rings. The number of carbonyl (C=O) groups excluding carboxylic acids is 1. The minimum absolute atomic E-state index is 0.172. The Labute approximate surface area is 156 Å². The highest BCUT2D eigenvalue weighted by molar-refractivity contribution is 7.16. The van der Waals surface area contributed by atoms with Crippen molar-refractivity contribution >= 4 is 40.2 Å². The van der Waals surface area contributed by atoms with Gasteiger partial charge < -0.3 is 4.90 Å². The molecule has 2 aromatic heterocycles. The van der Waals surface area contributed by atoms with Crippen molar-refractivity contribution in [3.63, 3.8) is 0 Å². The number of hydrogen-bond donors (Lipinski definition) is 0. The average molecular weight is 384 g/mol. The van der Waals surface area contributed by atoms with Crippen LogP contribution in [0.2, 0.25) is 4.34 Å². The molecule has 0 bridgehead atoms. The molecule has 130 valence electrons. The van der Waals surface area contributed by atoms with Gasteiger partial charge in [0.1, 0.15) is 0 Å². The van der Waals surface area contributed by atoms with Crippen molar-refractivity contribution in [1.29, 1.82) is 0 Å². The second-order valence-corrected chi connectivity index (χ2v) is 8.92. The minimum Gasteiger partial charge on any atom is -0.340 e. The molecule has 1 saturated heterocycles. The summed E-state index contributed by atoms with van der Waals surface area (Å²) in [4.78, 5) is 21.4. The molecule has 1 fully saturated rings. The Bertz CT molecular complexity index is 651. The van der Waals surface area contributed by atoms with E-state index in [0.29, 0.717) is 13.1 Å². The Morgan fingerprint density at radius 2 is 1.92 bits per heavy atom. The van der Waals surface area contributed by atoms with Gasteiger partial charge in [0, 0.05) is 49.5 Å². The van der Waals surface area contributed by atoms with Crippen molar-refractivity contribution in [3.8, 4) is 0 Å². The molecular formula is C17H22ClN3OS2. The zero-order valence-corrected chi connectivity index (χ0v) is 16.2. The summed E-state index contributed by atoms with van der Waals surface area (Å²) >= 11 is 9.29. The fourth-order valence-corrected chi connectivity index (χ4v) is 4.69. The molecule has 0 radical (unpaired) electrons. The quantitative estimate of drug-likeness (QED) is 0.766. The number of likely N-dealkylation sites (N-methyl/N-ethyl adjacent to an activating group) is 1. The Morgan fingerprint density at radius 3 is 2.54 bits per heavy atom. The van der Waals surface area contributed by atoms with Crippen LogP contribution >= 0.6 is 34.3 Å². The summed E-state index contributed by atoms with van der Waals surface area (Å²) in [5.41, 5.74) is 0. The molecule has 7 heteroatoms. The summed E-state index contributed by atoms with van der Waals surface area (Å²) in [5, 5.41) is 2.13. The molecule has 0 N–H and O–H groups in total. The molecule has 0 saturated carbocycles. The lowest BCUT2D eigenvalue weighted by atomic mass is 10.3. The van der Waals surface area contributed by atoms with Gasteiger partial charge in [-0.25, -0.2) is 0 Å². The maximum atomic E-state index is 12.4. The molecule has 0 unspecified atom stereocenters. The Morgan fingerprint density at radius 1 is 1.17 bits per heavy atom. The van der Waals surface area contributed by atoms with Crippen LogP contribution in [0.1, 0.15) is 9.75 Å². The number of carbonyl (C=O) groups is 1. The third kappa shape index (κ3) is 5.04. The summed E-state index contributed by atoms with van der Waals surface area (Å²) in [6.07, 6.45) is 0. The Hall–Kier alpha value is -0.920. The number of nitrogens with zero attached hydrogens (tertiary/aromatic N) is 3. The highest BCUT2D eigenvalue weighted by Gasteiger charge is 2.21. The van der Waals surface area contributed by atoms with E-state index in [2.05, 4.69) is 27.3 Å². The molecule has 3 rings (SSSR count). The molecule has 2 aromatic rings. The first-order valence-corrected chi connectivity index (χ1v) is 10.1. The van der Waals surface area contributed by atoms with Crippen molar-refractivity contribution in [2.75, 3.05) is 39.8 Å². The standard InChI is InChI=1S/C17H22ClN3OS2/c1-19(11-15-4-5-16(18)24-15)17(22)13-21-8-6-20(7-9-21)12-14-3-2-10-23-14/h2-5,10H,6-9,11-13H2,1H3. The van der Waals surface area contributed by atoms with Crippen LogP contribution in [0.15, 0.2) is 29.6 Å². The van der Waals surface area contributed by atoms with Crippen LogP contribution in [0.4, 0.5) is 0 Å². The maximum absolute atomic E-state index is 12.4. The van der Waals surface area contributed by atoms with Gasteiger partial charge in [-0.2, -0.15) is 0 Å². The van der Waals surface area contributed by atoms with E-state index < -0.39 is 0 Å². The third-order valence-corrected chi connectivity index (χ3v) is 6.31. The van der Waals surface area contributed by atoms with Crippen LogP contribution in [-0.2, 0) is 17.9 Å². The zero-order chi connectivity index (χ0) is 16.9. The van der Waals surface area contributed by atoms with Gasteiger partial charge in [0.2, 0.25) is 5.91 Å². The fourth-order valence-electron chi connectivity index (χ4n) is 2.80. The molecule has 1 aliphatic heterocycles. The summed E-state index contributed by atoms with van der Waals surface area (Å²) < 4.78 is 0.771. The van der Waals surface area contributed by atoms with Gasteiger partial charge in [0.25, 0.3) is 0 Å². The lowest BCUT2D eigenvalue weighted by Crippen LogP contribution is -2.49. The Balaban J connectivity index is 1.41. The van der Waals surface area contributed by atoms with Gasteiger partial charge in [-0.3, -0.25) is 14.6 Å². The molecule has 0 aromatic carbocycles. The van der Waals surface area contributed by atoms with Gasteiger partial charge in [-0.15, -0.1) is 22.7 Å². The van der Waals surface area contributed by atoms with E-state index >= 15 is 0 Å². The first-order chi connectivity index (χ1) is 11.6. The summed E-state index contributed by atoms with van der Waals surface area (Å²) in [6, 6.07) is 8.16. The van der Waals surface area contributed by atoms with E-state index in [1.165, 1.54) is 16.2 Å². The first-order valence-electron chi connectivity index (χ1n) is 8.05. The van der Waals surface area contributed by atoms with Crippen LogP contribution in [0.5, 0.6) is 0 Å². The van der Waals surface area contributed by atoms with Gasteiger partial charge in [-0.05, 0) is 23.6 Å². The van der Waals surface area contributed by atoms with Gasteiger partial charge in [-0.1, -0.05) is 17.7 Å². The second kappa shape index (κ2) is 8.45. The van der Waals surface area contributed by atoms with Gasteiger partial charge in [0.15, 0.2) is 0 Å². The molecule has 1 amide bonds. The minimum atomic E-state index is 0.172. The monoisotopic (exact) mass is 383 g/mol. The highest BCUT2D eigenvalue weighted by atomic mass is 35.5. The predicted molar refractivity (Wildman–Crippen MR) is 102 cm³/mol. The highest BCUT2D eigenvalue weighted by Crippen LogP contribution is 2.22. The summed E-state index contributed by atoms with van der Waals surface area (Å²) in [5.74, 6) is 0.172. The fraction of sp³-hybridized carbons (Fsp3) is 0.471. The topological polar surface area (TPSA) is 26.8 Å². The normalized spacial score (nSPS) is 16.4. The smallest absolute Gasteiger partial charge is 0.236 e. The lowest BCUT2D eigenvalue weighted by Gasteiger charge is -2.34. The van der Waals surface area contributed by atoms with Crippen LogP contribution in [0, 0.1) is 0 Å². The second-order valence-electron chi connectivity index (χ2n) is 6.09. The first kappa shape index (κ1) is 17.9. The van der Waals surface area contributed by atoms with Gasteiger partial charge >= 0.3 is 0 Å². The molecule has 3 heterocycles. The number of thiophene rings is 2. The largest absolute Gasteiger partial charge is 0.340 e. The van der Waals surface area contributed by atoms with Crippen LogP contribution in [0.3, 0.4) is 0 Å². The van der Waals surface area contributed by atoms with E-state index in [4.69, 9.17) is 11.6 Å². The molecular weight excluding hydrogens is 362 g/mol. The Kier molecular flexibility index (Phi) is 6.30. The van der Waals surface area contributed by atoms with Crippen molar-refractivity contribution in [3.05, 3.63) is 43.7 Å². The molecule has 4 nitrogen and oxygen atoms in total. The van der Waals surface area contributed by atoms with Crippen molar-refractivity contribution in [2.24, 2.45) is 0 Å². The number of rotatable bonds is 6. The van der Waals surface area contributed by atoms with E-state index in [9.17, 15) is 4.79 Å². The SMILES string of the molecule is CN(Cc1ccc(Cl)s1)C(=O)CN1CCN(Cc2cccs2)CC1. The molecule has 0 spiro atoms. The van der Waals surface area contributed by atoms with Gasteiger partial charge in [0.05, 0.1) is 17.4 Å². The van der Waals surface area contributed by atoms with E-state index in [-0.39, 0.29) is 5.91 Å². The van der Waals surface area contributed by atoms with Crippen LogP contribution in [-0.4, -0.2) is 60.4 Å². The summed E-state index contributed by atoms with van der Waals surface area (Å²) in [6.45, 7) is 6.12. The van der Waals surface area contributed by atoms with E-state index in [0.717, 1.165) is 41.9 Å². The number of hydrogen-bond acceptors (Lipinski definition) is 5. The number of halogens is 1. The lowest BCUT2D eigenvalue weighted by molar-refractivity contribution is -0.132. The van der Waals surface area contributed by atoms with Crippen molar-refractivity contribution in [2.45, 2.75) is 13.1 Å². The maximum Gasteiger partial charge on any atom is 0.236 e. The average Bonchev–Trinajstić information content (AvgIpc) is 3.21. The van der Waals surface area contributed by atoms with Crippen molar-refractivity contribution < 1.29 is 4.79 Å². The summed E-state index contributed by atoms with van der Waals surface area (Å²) in [7, 11) is 1.86. The number of piperazine rings is 1. The van der Waals surface area contributed by atoms with Crippen molar-refractivity contribution in [1.82, 2.24) is 14.7 Å².